The first-order valence-corrected chi connectivity index (χ1v) is 2.62. The molecule has 0 bridgehead atoms. The summed E-state index contributed by atoms with van der Waals surface area (Å²) in [6, 6.07) is 0. The van der Waals surface area contributed by atoms with E-state index in [1.54, 1.807) is 0 Å². The van der Waals surface area contributed by atoms with Crippen LogP contribution in [0.15, 0.2) is 0 Å². The quantitative estimate of drug-likeness (QED) is 0.146. The van der Waals surface area contributed by atoms with Crippen molar-refractivity contribution in [3.8, 4) is 0 Å². The van der Waals surface area contributed by atoms with Crippen LogP contribution >= 0.6 is 0 Å². The average molecular weight is 226 g/mol. The molecule has 82 valence electrons. The average Bonchev–Trinajstić information content (AvgIpc) is 1.95. The molecule has 0 amide bonds. The summed E-state index contributed by atoms with van der Waals surface area (Å²) in [5, 5.41) is 9.24. The number of hydrogen-bond acceptors (Lipinski definition) is 3. The summed E-state index contributed by atoms with van der Waals surface area (Å²) >= 11 is 0. The number of ether oxygens (including phenoxy) is 1. The number of rotatable bonds is 0. The lowest BCUT2D eigenvalue weighted by Gasteiger charge is -2.01. The summed E-state index contributed by atoms with van der Waals surface area (Å²) in [6.07, 6.45) is -11.2. The molecule has 0 aromatic heterocycles. The smallest absolute Gasteiger partial charge is 0.588 e. The lowest BCUT2D eigenvalue weighted by molar-refractivity contribution is -1.05. The van der Waals surface area contributed by atoms with E-state index < -0.39 is 24.3 Å². The van der Waals surface area contributed by atoms with Crippen LogP contribution < -0.4 is 5.26 Å². The second kappa shape index (κ2) is 3.72. The SMILES string of the molecule is O=C(OC(=[O+][O-])C(F)(F)F)C(F)(F)F. The molecule has 4 nitrogen and oxygen atoms in total. The molecule has 10 heteroatoms. The van der Waals surface area contributed by atoms with E-state index in [1.165, 1.54) is 0 Å². The first kappa shape index (κ1) is 12.5. The molecule has 0 aromatic carbocycles. The van der Waals surface area contributed by atoms with Gasteiger partial charge in [0, 0.05) is 0 Å². The van der Waals surface area contributed by atoms with Crippen LogP contribution in [0.4, 0.5) is 26.3 Å². The zero-order valence-electron chi connectivity index (χ0n) is 5.90. The molecule has 0 atom stereocenters. The van der Waals surface area contributed by atoms with Crippen LogP contribution in [0.1, 0.15) is 0 Å². The Morgan fingerprint density at radius 1 is 1.07 bits per heavy atom. The van der Waals surface area contributed by atoms with Gasteiger partial charge in [0.25, 0.3) is 0 Å². The Labute approximate surface area is 71.3 Å². The number of hydrogen-bond donors (Lipinski definition) is 0. The zero-order chi connectivity index (χ0) is 11.6. The van der Waals surface area contributed by atoms with E-state index in [1.807, 2.05) is 0 Å². The highest BCUT2D eigenvalue weighted by atomic mass is 19.4. The molecule has 0 unspecified atom stereocenters. The van der Waals surface area contributed by atoms with Crippen molar-refractivity contribution in [3.63, 3.8) is 0 Å². The third-order valence-electron chi connectivity index (χ3n) is 0.724. The molecule has 0 spiro atoms. The van der Waals surface area contributed by atoms with E-state index in [9.17, 15) is 36.4 Å². The number of alkyl halides is 6. The van der Waals surface area contributed by atoms with Crippen molar-refractivity contribution in [1.29, 1.82) is 0 Å². The van der Waals surface area contributed by atoms with Crippen LogP contribution in [-0.2, 0) is 14.1 Å². The fourth-order valence-electron chi connectivity index (χ4n) is 0.264. The van der Waals surface area contributed by atoms with Gasteiger partial charge in [0.1, 0.15) is 0 Å². The Balaban J connectivity index is 4.61. The van der Waals surface area contributed by atoms with Crippen molar-refractivity contribution < 1.29 is 45.7 Å². The Bertz CT molecular complexity index is 250. The maximum Gasteiger partial charge on any atom is 0.617 e. The van der Waals surface area contributed by atoms with Gasteiger partial charge in [-0.05, 0) is 0 Å². The summed E-state index contributed by atoms with van der Waals surface area (Å²) in [6.45, 7) is 0. The minimum absolute atomic E-state index is 2.18. The second-order valence-corrected chi connectivity index (χ2v) is 1.76. The van der Waals surface area contributed by atoms with Crippen molar-refractivity contribution in [2.45, 2.75) is 12.4 Å². The van der Waals surface area contributed by atoms with Crippen LogP contribution in [-0.4, -0.2) is 24.3 Å². The number of esters is 2. The second-order valence-electron chi connectivity index (χ2n) is 1.76. The monoisotopic (exact) mass is 226 g/mol. The molecule has 0 saturated heterocycles. The first-order valence-electron chi connectivity index (χ1n) is 2.62. The fraction of sp³-hybridized carbons (Fsp3) is 0.500. The van der Waals surface area contributed by atoms with Gasteiger partial charge in [-0.25, -0.2) is 9.53 Å². The van der Waals surface area contributed by atoms with Crippen LogP contribution in [0.25, 0.3) is 0 Å². The van der Waals surface area contributed by atoms with Gasteiger partial charge in [0.2, 0.25) is 0 Å². The highest BCUT2D eigenvalue weighted by Gasteiger charge is 2.57. The number of carbonyl (C=O) groups is 1. The van der Waals surface area contributed by atoms with E-state index in [0.29, 0.717) is 0 Å². The van der Waals surface area contributed by atoms with Gasteiger partial charge in [-0.1, -0.05) is 0 Å². The van der Waals surface area contributed by atoms with Crippen LogP contribution in [0.2, 0.25) is 0 Å². The largest absolute Gasteiger partial charge is 0.617 e. The van der Waals surface area contributed by atoms with Crippen LogP contribution in [0, 0.1) is 0 Å². The van der Waals surface area contributed by atoms with Crippen molar-refractivity contribution in [3.05, 3.63) is 0 Å². The molecule has 0 fully saturated rings. The van der Waals surface area contributed by atoms with Gasteiger partial charge >= 0.3 is 24.3 Å². The minimum atomic E-state index is -5.64. The van der Waals surface area contributed by atoms with Gasteiger partial charge in [-0.3, -0.25) is 4.58 Å². The topological polar surface area (TPSA) is 60.7 Å². The summed E-state index contributed by atoms with van der Waals surface area (Å²) in [5.74, 6) is -6.11. The van der Waals surface area contributed by atoms with Gasteiger partial charge in [0.15, 0.2) is 0 Å². The predicted molar refractivity (Wildman–Crippen MR) is 23.2 cm³/mol. The highest BCUT2D eigenvalue weighted by Crippen LogP contribution is 2.21. The minimum Gasteiger partial charge on any atom is -0.588 e. The molecular formula is C4F6O4. The molecule has 0 aromatic rings. The molecule has 0 rings (SSSR count). The van der Waals surface area contributed by atoms with E-state index in [-0.39, 0.29) is 0 Å². The Kier molecular flexibility index (Phi) is 3.32. The highest BCUT2D eigenvalue weighted by molar-refractivity contribution is 5.90. The van der Waals surface area contributed by atoms with E-state index >= 15 is 0 Å². The molecule has 0 aliphatic heterocycles. The molecule has 0 aliphatic carbocycles. The van der Waals surface area contributed by atoms with Gasteiger partial charge in [-0.15, -0.1) is 0 Å². The Hall–Kier alpha value is -1.48. The molecule has 0 N–H and O–H groups in total. The lowest BCUT2D eigenvalue weighted by atomic mass is 10.6. The van der Waals surface area contributed by atoms with Gasteiger partial charge in [0.05, 0.1) is 0 Å². The number of carbonyl (C=O) groups excluding carboxylic acids is 2. The van der Waals surface area contributed by atoms with Crippen LogP contribution in [0.3, 0.4) is 0 Å². The Morgan fingerprint density at radius 3 is 1.71 bits per heavy atom. The zero-order valence-corrected chi connectivity index (χ0v) is 5.90. The standard InChI is InChI=1S/C4F6O4/c5-3(6,7)1(11)13-2(14-12)4(8,9)10. The summed E-state index contributed by atoms with van der Waals surface area (Å²) in [7, 11) is 0. The van der Waals surface area contributed by atoms with E-state index in [2.05, 4.69) is 9.31 Å². The van der Waals surface area contributed by atoms with Crippen LogP contribution in [0.5, 0.6) is 0 Å². The normalized spacial score (nSPS) is 14.0. The van der Waals surface area contributed by atoms with Crippen molar-refractivity contribution in [1.82, 2.24) is 0 Å². The Morgan fingerprint density at radius 2 is 1.50 bits per heavy atom. The molecule has 0 saturated carbocycles. The van der Waals surface area contributed by atoms with E-state index in [0.717, 1.165) is 0 Å². The maximum absolute atomic E-state index is 11.5. The van der Waals surface area contributed by atoms with Crippen molar-refractivity contribution in [2.24, 2.45) is 0 Å². The van der Waals surface area contributed by atoms with Crippen molar-refractivity contribution >= 4 is 11.9 Å². The molecule has 0 radical (unpaired) electrons. The predicted octanol–water partition coefficient (Wildman–Crippen LogP) is -0.00820. The lowest BCUT2D eigenvalue weighted by Crippen LogP contribution is -2.37. The molecule has 0 heterocycles. The molecule has 0 aliphatic rings. The third-order valence-corrected chi connectivity index (χ3v) is 0.724. The molecular weight excluding hydrogens is 226 g/mol. The first-order chi connectivity index (χ1) is 6.09. The van der Waals surface area contributed by atoms with Crippen molar-refractivity contribution in [2.75, 3.05) is 0 Å². The fourth-order valence-corrected chi connectivity index (χ4v) is 0.264. The van der Waals surface area contributed by atoms with Gasteiger partial charge < -0.3 is 5.26 Å². The van der Waals surface area contributed by atoms with Gasteiger partial charge in [-0.2, -0.15) is 26.3 Å². The summed E-state index contributed by atoms with van der Waals surface area (Å²) < 4.78 is 73.2. The maximum atomic E-state index is 11.5. The number of halogens is 6. The molecule has 14 heavy (non-hydrogen) atoms. The summed E-state index contributed by atoms with van der Waals surface area (Å²) in [4.78, 5) is 9.79. The summed E-state index contributed by atoms with van der Waals surface area (Å²) in [5.41, 5.74) is 0. The van der Waals surface area contributed by atoms with E-state index in [4.69, 9.17) is 0 Å². The third kappa shape index (κ3) is 3.49.